The first-order valence-electron chi connectivity index (χ1n) is 8.12. The quantitative estimate of drug-likeness (QED) is 0.668. The van der Waals surface area contributed by atoms with Crippen LogP contribution in [0.25, 0.3) is 22.3 Å². The fourth-order valence-corrected chi connectivity index (χ4v) is 3.80. The van der Waals surface area contributed by atoms with E-state index >= 15 is 0 Å². The van der Waals surface area contributed by atoms with E-state index in [1.165, 1.54) is 24.0 Å². The standard InChI is InChI=1S/C18H18BrN3O/c19-12-9-7-11(8-10-12)16-14-6-4-2-1-3-5-13(14)15-17(20-16)21-22-18(15)23/h7-10H,1-6H2,(H2,20,21,22,23). The molecule has 0 atom stereocenters. The molecule has 4 rings (SSSR count). The number of aromatic nitrogens is 3. The largest absolute Gasteiger partial charge is 0.281 e. The number of pyridine rings is 1. The highest BCUT2D eigenvalue weighted by Crippen LogP contribution is 2.32. The van der Waals surface area contributed by atoms with Crippen molar-refractivity contribution in [2.75, 3.05) is 0 Å². The van der Waals surface area contributed by atoms with Crippen LogP contribution < -0.4 is 5.56 Å². The van der Waals surface area contributed by atoms with Crippen LogP contribution in [-0.2, 0) is 12.8 Å². The van der Waals surface area contributed by atoms with Gasteiger partial charge in [0.1, 0.15) is 0 Å². The molecule has 0 bridgehead atoms. The summed E-state index contributed by atoms with van der Waals surface area (Å²) in [7, 11) is 0. The molecule has 2 N–H and O–H groups in total. The van der Waals surface area contributed by atoms with Crippen LogP contribution in [0.15, 0.2) is 33.5 Å². The number of aryl methyl sites for hydroxylation is 1. The van der Waals surface area contributed by atoms with Gasteiger partial charge in [-0.2, -0.15) is 0 Å². The van der Waals surface area contributed by atoms with Gasteiger partial charge in [-0.1, -0.05) is 40.9 Å². The highest BCUT2D eigenvalue weighted by Gasteiger charge is 2.20. The van der Waals surface area contributed by atoms with Gasteiger partial charge < -0.3 is 0 Å². The highest BCUT2D eigenvalue weighted by atomic mass is 79.9. The molecule has 1 aliphatic carbocycles. The lowest BCUT2D eigenvalue weighted by Crippen LogP contribution is -2.09. The first kappa shape index (κ1) is 14.7. The number of nitrogens with one attached hydrogen (secondary N) is 2. The van der Waals surface area contributed by atoms with Gasteiger partial charge in [0.15, 0.2) is 5.65 Å². The lowest BCUT2D eigenvalue weighted by atomic mass is 9.89. The van der Waals surface area contributed by atoms with E-state index in [1.807, 2.05) is 12.1 Å². The molecule has 0 saturated heterocycles. The molecule has 1 aromatic carbocycles. The van der Waals surface area contributed by atoms with Crippen LogP contribution in [-0.4, -0.2) is 15.2 Å². The normalized spacial score (nSPS) is 15.2. The average molecular weight is 372 g/mol. The molecule has 5 heteroatoms. The maximum atomic E-state index is 12.2. The van der Waals surface area contributed by atoms with E-state index < -0.39 is 0 Å². The molecule has 2 heterocycles. The maximum absolute atomic E-state index is 12.2. The van der Waals surface area contributed by atoms with Crippen LogP contribution in [0.4, 0.5) is 0 Å². The van der Waals surface area contributed by atoms with Crippen molar-refractivity contribution in [3.8, 4) is 11.3 Å². The van der Waals surface area contributed by atoms with Gasteiger partial charge in [0.25, 0.3) is 5.56 Å². The van der Waals surface area contributed by atoms with Crippen molar-refractivity contribution >= 4 is 27.0 Å². The summed E-state index contributed by atoms with van der Waals surface area (Å²) >= 11 is 3.49. The number of nitrogens with zero attached hydrogens (tertiary/aromatic N) is 1. The van der Waals surface area contributed by atoms with E-state index in [9.17, 15) is 4.79 Å². The Balaban J connectivity index is 2.01. The van der Waals surface area contributed by atoms with Crippen LogP contribution in [0.3, 0.4) is 0 Å². The topological polar surface area (TPSA) is 61.5 Å². The van der Waals surface area contributed by atoms with Gasteiger partial charge in [0.05, 0.1) is 11.1 Å². The van der Waals surface area contributed by atoms with Gasteiger partial charge in [-0.25, -0.2) is 4.98 Å². The first-order chi connectivity index (χ1) is 11.2. The fourth-order valence-electron chi connectivity index (χ4n) is 3.53. The van der Waals surface area contributed by atoms with E-state index in [4.69, 9.17) is 4.98 Å². The zero-order chi connectivity index (χ0) is 15.8. The Labute approximate surface area is 142 Å². The molecule has 23 heavy (non-hydrogen) atoms. The third-order valence-electron chi connectivity index (χ3n) is 4.66. The Morgan fingerprint density at radius 3 is 2.35 bits per heavy atom. The van der Waals surface area contributed by atoms with E-state index in [-0.39, 0.29) is 5.56 Å². The fraction of sp³-hybridized carbons (Fsp3) is 0.333. The number of fused-ring (bicyclic) bond motifs is 3. The minimum absolute atomic E-state index is 0.0494. The summed E-state index contributed by atoms with van der Waals surface area (Å²) in [5.41, 5.74) is 5.18. The second-order valence-electron chi connectivity index (χ2n) is 6.14. The summed E-state index contributed by atoms with van der Waals surface area (Å²) in [6.45, 7) is 0. The molecule has 3 aromatic rings. The summed E-state index contributed by atoms with van der Waals surface area (Å²) in [5, 5.41) is 6.39. The van der Waals surface area contributed by atoms with Crippen molar-refractivity contribution in [2.24, 2.45) is 0 Å². The summed E-state index contributed by atoms with van der Waals surface area (Å²) in [5.74, 6) is 0. The number of halogens is 1. The van der Waals surface area contributed by atoms with Gasteiger partial charge in [0.2, 0.25) is 0 Å². The minimum Gasteiger partial charge on any atom is -0.281 e. The summed E-state index contributed by atoms with van der Waals surface area (Å²) in [6.07, 6.45) is 6.73. The summed E-state index contributed by atoms with van der Waals surface area (Å²) in [4.78, 5) is 17.0. The zero-order valence-electron chi connectivity index (χ0n) is 12.8. The SMILES string of the molecule is O=c1[nH][nH]c2nc(-c3ccc(Br)cc3)c3c(c12)CCCCCC3. The van der Waals surface area contributed by atoms with Crippen molar-refractivity contribution in [1.29, 1.82) is 0 Å². The Hall–Kier alpha value is -1.88. The molecular weight excluding hydrogens is 354 g/mol. The van der Waals surface area contributed by atoms with E-state index in [0.717, 1.165) is 46.8 Å². The number of aromatic amines is 2. The Morgan fingerprint density at radius 1 is 0.913 bits per heavy atom. The molecule has 118 valence electrons. The molecule has 0 radical (unpaired) electrons. The smallest absolute Gasteiger partial charge is 0.273 e. The molecule has 0 fully saturated rings. The lowest BCUT2D eigenvalue weighted by molar-refractivity contribution is 0.618. The van der Waals surface area contributed by atoms with Crippen molar-refractivity contribution in [3.63, 3.8) is 0 Å². The minimum atomic E-state index is -0.0494. The molecule has 4 nitrogen and oxygen atoms in total. The van der Waals surface area contributed by atoms with E-state index in [0.29, 0.717) is 5.65 Å². The van der Waals surface area contributed by atoms with Crippen LogP contribution in [0.1, 0.15) is 36.8 Å². The average Bonchev–Trinajstić information content (AvgIpc) is 2.89. The van der Waals surface area contributed by atoms with Crippen molar-refractivity contribution < 1.29 is 0 Å². The molecule has 0 unspecified atom stereocenters. The predicted molar refractivity (Wildman–Crippen MR) is 95.7 cm³/mol. The monoisotopic (exact) mass is 371 g/mol. The maximum Gasteiger partial charge on any atom is 0.273 e. The Kier molecular flexibility index (Phi) is 3.81. The Bertz CT molecular complexity index is 908. The second-order valence-corrected chi connectivity index (χ2v) is 7.06. The number of H-pyrrole nitrogens is 2. The predicted octanol–water partition coefficient (Wildman–Crippen LogP) is 4.34. The molecule has 0 aliphatic heterocycles. The summed E-state index contributed by atoms with van der Waals surface area (Å²) in [6, 6.07) is 8.25. The molecule has 0 amide bonds. The first-order valence-corrected chi connectivity index (χ1v) is 8.91. The number of rotatable bonds is 1. The molecule has 1 aliphatic rings. The molecule has 0 spiro atoms. The van der Waals surface area contributed by atoms with Gasteiger partial charge in [-0.05, 0) is 48.9 Å². The third kappa shape index (κ3) is 2.63. The summed E-state index contributed by atoms with van der Waals surface area (Å²) < 4.78 is 1.06. The van der Waals surface area contributed by atoms with Crippen molar-refractivity contribution in [2.45, 2.75) is 38.5 Å². The second kappa shape index (κ2) is 5.96. The highest BCUT2D eigenvalue weighted by molar-refractivity contribution is 9.10. The van der Waals surface area contributed by atoms with Gasteiger partial charge in [-0.3, -0.25) is 15.0 Å². The Morgan fingerprint density at radius 2 is 1.61 bits per heavy atom. The van der Waals surface area contributed by atoms with Crippen LogP contribution >= 0.6 is 15.9 Å². The van der Waals surface area contributed by atoms with Gasteiger partial charge >= 0.3 is 0 Å². The van der Waals surface area contributed by atoms with E-state index in [2.05, 4.69) is 38.3 Å². The van der Waals surface area contributed by atoms with Crippen molar-refractivity contribution in [1.82, 2.24) is 15.2 Å². The molecule has 2 aromatic heterocycles. The van der Waals surface area contributed by atoms with Crippen LogP contribution in [0.5, 0.6) is 0 Å². The zero-order valence-corrected chi connectivity index (χ0v) is 14.4. The van der Waals surface area contributed by atoms with Crippen LogP contribution in [0.2, 0.25) is 0 Å². The number of hydrogen-bond acceptors (Lipinski definition) is 2. The third-order valence-corrected chi connectivity index (χ3v) is 5.18. The molecule has 0 saturated carbocycles. The number of benzene rings is 1. The van der Waals surface area contributed by atoms with Crippen LogP contribution in [0, 0.1) is 0 Å². The van der Waals surface area contributed by atoms with Gasteiger partial charge in [-0.15, -0.1) is 0 Å². The number of hydrogen-bond donors (Lipinski definition) is 2. The lowest BCUT2D eigenvalue weighted by Gasteiger charge is -2.18. The van der Waals surface area contributed by atoms with Crippen molar-refractivity contribution in [3.05, 3.63) is 50.2 Å². The molecular formula is C18H18BrN3O. The van der Waals surface area contributed by atoms with Gasteiger partial charge in [0, 0.05) is 10.0 Å². The van der Waals surface area contributed by atoms with E-state index in [1.54, 1.807) is 0 Å².